The summed E-state index contributed by atoms with van der Waals surface area (Å²) in [6.45, 7) is 0.460. The molecule has 0 atom stereocenters. The maximum absolute atomic E-state index is 12.6. The van der Waals surface area contributed by atoms with E-state index in [0.717, 1.165) is 17.7 Å². The number of nitriles is 1. The van der Waals surface area contributed by atoms with Crippen LogP contribution in [0.1, 0.15) is 11.1 Å². The number of rotatable bonds is 2. The minimum Gasteiger partial charge on any atom is -0.266 e. The molecular weight excluding hydrogens is 272 g/mol. The first-order valence-electron chi connectivity index (χ1n) is 6.24. The highest BCUT2D eigenvalue weighted by Gasteiger charge is 2.30. The zero-order valence-corrected chi connectivity index (χ0v) is 11.5. The van der Waals surface area contributed by atoms with Crippen molar-refractivity contribution >= 4 is 15.7 Å². The highest BCUT2D eigenvalue weighted by atomic mass is 32.2. The van der Waals surface area contributed by atoms with Gasteiger partial charge in [-0.15, -0.1) is 0 Å². The number of para-hydroxylation sites is 1. The molecule has 0 bridgehead atoms. The van der Waals surface area contributed by atoms with Gasteiger partial charge >= 0.3 is 0 Å². The van der Waals surface area contributed by atoms with Crippen LogP contribution in [0.3, 0.4) is 0 Å². The van der Waals surface area contributed by atoms with Gasteiger partial charge in [0.1, 0.15) is 0 Å². The Morgan fingerprint density at radius 1 is 1.05 bits per heavy atom. The molecule has 0 saturated carbocycles. The lowest BCUT2D eigenvalue weighted by Gasteiger charge is -2.19. The molecule has 1 aliphatic heterocycles. The Hall–Kier alpha value is -2.32. The van der Waals surface area contributed by atoms with Crippen LogP contribution in [0.5, 0.6) is 0 Å². The van der Waals surface area contributed by atoms with Crippen molar-refractivity contribution in [2.45, 2.75) is 11.3 Å². The predicted molar refractivity (Wildman–Crippen MR) is 75.8 cm³/mol. The van der Waals surface area contributed by atoms with Crippen molar-refractivity contribution in [3.05, 3.63) is 59.7 Å². The molecule has 0 unspecified atom stereocenters. The van der Waals surface area contributed by atoms with Gasteiger partial charge in [-0.3, -0.25) is 4.31 Å². The SMILES string of the molecule is N#Cc1ccc(S(=O)(=O)N2CCc3ccccc32)cc1. The lowest BCUT2D eigenvalue weighted by Crippen LogP contribution is -2.29. The van der Waals surface area contributed by atoms with E-state index in [0.29, 0.717) is 12.1 Å². The summed E-state index contributed by atoms with van der Waals surface area (Å²) in [6, 6.07) is 15.5. The second kappa shape index (κ2) is 4.66. The summed E-state index contributed by atoms with van der Waals surface area (Å²) < 4.78 is 26.7. The molecule has 20 heavy (non-hydrogen) atoms. The van der Waals surface area contributed by atoms with Crippen molar-refractivity contribution in [2.75, 3.05) is 10.8 Å². The van der Waals surface area contributed by atoms with Crippen molar-refractivity contribution in [3.8, 4) is 6.07 Å². The second-order valence-corrected chi connectivity index (χ2v) is 6.45. The van der Waals surface area contributed by atoms with Gasteiger partial charge in [0.2, 0.25) is 0 Å². The number of hydrogen-bond acceptors (Lipinski definition) is 3. The van der Waals surface area contributed by atoms with Gasteiger partial charge in [-0.2, -0.15) is 5.26 Å². The standard InChI is InChI=1S/C15H12N2O2S/c16-11-12-5-7-14(8-6-12)20(18,19)17-10-9-13-3-1-2-4-15(13)17/h1-8H,9-10H2. The topological polar surface area (TPSA) is 61.2 Å². The van der Waals surface area contributed by atoms with Crippen molar-refractivity contribution in [3.63, 3.8) is 0 Å². The van der Waals surface area contributed by atoms with Crippen LogP contribution in [0.4, 0.5) is 5.69 Å². The average molecular weight is 284 g/mol. The van der Waals surface area contributed by atoms with Gasteiger partial charge in [0, 0.05) is 6.54 Å². The average Bonchev–Trinajstić information content (AvgIpc) is 2.92. The molecule has 0 saturated heterocycles. The van der Waals surface area contributed by atoms with Crippen LogP contribution in [0.25, 0.3) is 0 Å². The number of benzene rings is 2. The predicted octanol–water partition coefficient (Wildman–Crippen LogP) is 2.31. The molecule has 100 valence electrons. The van der Waals surface area contributed by atoms with Gasteiger partial charge in [-0.1, -0.05) is 18.2 Å². The van der Waals surface area contributed by atoms with Crippen LogP contribution >= 0.6 is 0 Å². The van der Waals surface area contributed by atoms with Gasteiger partial charge in [0.05, 0.1) is 22.2 Å². The van der Waals surface area contributed by atoms with E-state index in [1.54, 1.807) is 0 Å². The van der Waals surface area contributed by atoms with E-state index in [1.165, 1.54) is 28.6 Å². The molecule has 0 N–H and O–H groups in total. The van der Waals surface area contributed by atoms with E-state index in [1.807, 2.05) is 30.3 Å². The molecule has 3 rings (SSSR count). The Bertz CT molecular complexity index is 789. The fourth-order valence-electron chi connectivity index (χ4n) is 2.39. The van der Waals surface area contributed by atoms with Crippen molar-refractivity contribution in [1.82, 2.24) is 0 Å². The quantitative estimate of drug-likeness (QED) is 0.850. The molecular formula is C15H12N2O2S. The van der Waals surface area contributed by atoms with Crippen LogP contribution in [-0.2, 0) is 16.4 Å². The fourth-order valence-corrected chi connectivity index (χ4v) is 3.89. The largest absolute Gasteiger partial charge is 0.266 e. The minimum atomic E-state index is -3.55. The van der Waals surface area contributed by atoms with Gasteiger partial charge in [0.25, 0.3) is 10.0 Å². The molecule has 0 radical (unpaired) electrons. The normalized spacial score (nSPS) is 13.8. The first kappa shape index (κ1) is 12.7. The molecule has 0 aliphatic carbocycles. The lowest BCUT2D eigenvalue weighted by atomic mass is 10.2. The van der Waals surface area contributed by atoms with Gasteiger partial charge < -0.3 is 0 Å². The maximum atomic E-state index is 12.6. The molecule has 1 aliphatic rings. The number of sulfonamides is 1. The molecule has 2 aromatic carbocycles. The number of hydrogen-bond donors (Lipinski definition) is 0. The zero-order valence-electron chi connectivity index (χ0n) is 10.7. The van der Waals surface area contributed by atoms with E-state index in [2.05, 4.69) is 0 Å². The van der Waals surface area contributed by atoms with E-state index < -0.39 is 10.0 Å². The summed E-state index contributed by atoms with van der Waals surface area (Å²) in [5.41, 5.74) is 2.24. The van der Waals surface area contributed by atoms with Gasteiger partial charge in [0.15, 0.2) is 0 Å². The Morgan fingerprint density at radius 3 is 2.45 bits per heavy atom. The Kier molecular flexibility index (Phi) is 2.96. The number of nitrogens with zero attached hydrogens (tertiary/aromatic N) is 2. The summed E-state index contributed by atoms with van der Waals surface area (Å²) in [4.78, 5) is 0.216. The van der Waals surface area contributed by atoms with Crippen LogP contribution in [0.15, 0.2) is 53.4 Å². The van der Waals surface area contributed by atoms with Gasteiger partial charge in [-0.25, -0.2) is 8.42 Å². The fraction of sp³-hybridized carbons (Fsp3) is 0.133. The Morgan fingerprint density at radius 2 is 1.75 bits per heavy atom. The summed E-state index contributed by atoms with van der Waals surface area (Å²) in [7, 11) is -3.55. The van der Waals surface area contributed by atoms with E-state index in [4.69, 9.17) is 5.26 Å². The monoisotopic (exact) mass is 284 g/mol. The molecule has 1 heterocycles. The van der Waals surface area contributed by atoms with Crippen LogP contribution in [0, 0.1) is 11.3 Å². The van der Waals surface area contributed by atoms with Gasteiger partial charge in [-0.05, 0) is 42.3 Å². The van der Waals surface area contributed by atoms with Crippen LogP contribution in [0.2, 0.25) is 0 Å². The molecule has 0 spiro atoms. The number of fused-ring (bicyclic) bond motifs is 1. The van der Waals surface area contributed by atoms with Crippen molar-refractivity contribution in [2.24, 2.45) is 0 Å². The second-order valence-electron chi connectivity index (χ2n) is 4.59. The molecule has 2 aromatic rings. The van der Waals surface area contributed by atoms with E-state index in [9.17, 15) is 8.42 Å². The first-order valence-corrected chi connectivity index (χ1v) is 7.68. The lowest BCUT2D eigenvalue weighted by molar-refractivity contribution is 0.592. The molecule has 4 nitrogen and oxygen atoms in total. The summed E-state index contributed by atoms with van der Waals surface area (Å²) in [5, 5.41) is 8.76. The smallest absolute Gasteiger partial charge is 0.264 e. The third kappa shape index (κ3) is 1.95. The minimum absolute atomic E-state index is 0.216. The molecule has 0 amide bonds. The molecule has 0 aromatic heterocycles. The Labute approximate surface area is 117 Å². The zero-order chi connectivity index (χ0) is 14.2. The van der Waals surface area contributed by atoms with Crippen molar-refractivity contribution < 1.29 is 8.42 Å². The first-order chi connectivity index (χ1) is 9.63. The van der Waals surface area contributed by atoms with Crippen molar-refractivity contribution in [1.29, 1.82) is 5.26 Å². The molecule has 0 fully saturated rings. The van der Waals surface area contributed by atoms with Crippen LogP contribution in [-0.4, -0.2) is 15.0 Å². The third-order valence-corrected chi connectivity index (χ3v) is 5.24. The van der Waals surface area contributed by atoms with Crippen LogP contribution < -0.4 is 4.31 Å². The Balaban J connectivity index is 2.03. The molecule has 5 heteroatoms. The summed E-state index contributed by atoms with van der Waals surface area (Å²) in [6.07, 6.45) is 0.728. The summed E-state index contributed by atoms with van der Waals surface area (Å²) >= 11 is 0. The maximum Gasteiger partial charge on any atom is 0.264 e. The number of anilines is 1. The highest BCUT2D eigenvalue weighted by molar-refractivity contribution is 7.92. The third-order valence-electron chi connectivity index (χ3n) is 3.42. The highest BCUT2D eigenvalue weighted by Crippen LogP contribution is 2.32. The summed E-state index contributed by atoms with van der Waals surface area (Å²) in [5.74, 6) is 0. The van der Waals surface area contributed by atoms with E-state index >= 15 is 0 Å². The van der Waals surface area contributed by atoms with E-state index in [-0.39, 0.29) is 4.90 Å².